The lowest BCUT2D eigenvalue weighted by atomic mass is 9.93. The number of H-pyrrole nitrogens is 2. The Hall–Kier alpha value is -1.85. The van der Waals surface area contributed by atoms with Crippen molar-refractivity contribution in [2.24, 2.45) is 5.92 Å². The van der Waals surface area contributed by atoms with E-state index in [9.17, 15) is 14.4 Å². The minimum atomic E-state index is -0.564. The van der Waals surface area contributed by atoms with Crippen molar-refractivity contribution in [2.75, 3.05) is 11.4 Å². The van der Waals surface area contributed by atoms with Crippen molar-refractivity contribution in [1.29, 1.82) is 0 Å². The molecule has 1 aliphatic heterocycles. The quantitative estimate of drug-likeness (QED) is 0.839. The second-order valence-electron chi connectivity index (χ2n) is 6.48. The fourth-order valence-corrected chi connectivity index (χ4v) is 3.27. The summed E-state index contributed by atoms with van der Waals surface area (Å²) in [7, 11) is 0. The molecule has 1 aromatic rings. The summed E-state index contributed by atoms with van der Waals surface area (Å²) >= 11 is 0. The standard InChI is InChI=1S/C16H23N3O3/c1-2-3-8-19-11(7-6-10-4-5-10)9-12(20)13-14(19)17-16(22)18-15(13)21/h10-11H,2-9H2,1H3,(H2,17,18,21,22). The third kappa shape index (κ3) is 3.00. The first-order valence-corrected chi connectivity index (χ1v) is 8.26. The van der Waals surface area contributed by atoms with Crippen LogP contribution in [0.2, 0.25) is 0 Å². The molecule has 1 atom stereocenters. The number of aromatic amines is 2. The number of rotatable bonds is 6. The molecular formula is C16H23N3O3. The Morgan fingerprint density at radius 2 is 1.91 bits per heavy atom. The SMILES string of the molecule is CCCCN1c2[nH]c(=O)[nH]c(=O)c2C(=O)CC1CCC1CC1. The molecular weight excluding hydrogens is 282 g/mol. The number of ketones is 1. The maximum Gasteiger partial charge on any atom is 0.327 e. The number of nitrogens with zero attached hydrogens (tertiary/aromatic N) is 1. The summed E-state index contributed by atoms with van der Waals surface area (Å²) in [5.41, 5.74) is -0.981. The Labute approximate surface area is 128 Å². The van der Waals surface area contributed by atoms with Crippen LogP contribution in [0.4, 0.5) is 5.82 Å². The number of hydrogen-bond acceptors (Lipinski definition) is 4. The first-order valence-electron chi connectivity index (χ1n) is 8.26. The molecule has 0 amide bonds. The van der Waals surface area contributed by atoms with Gasteiger partial charge in [0.1, 0.15) is 11.4 Å². The number of fused-ring (bicyclic) bond motifs is 1. The van der Waals surface area contributed by atoms with E-state index < -0.39 is 11.2 Å². The topological polar surface area (TPSA) is 86.0 Å². The molecule has 2 aliphatic rings. The zero-order chi connectivity index (χ0) is 15.7. The molecule has 2 N–H and O–H groups in total. The third-order valence-electron chi connectivity index (χ3n) is 4.71. The van der Waals surface area contributed by atoms with Crippen LogP contribution in [0, 0.1) is 5.92 Å². The van der Waals surface area contributed by atoms with Crippen LogP contribution in [0.15, 0.2) is 9.59 Å². The van der Waals surface area contributed by atoms with E-state index in [2.05, 4.69) is 21.8 Å². The van der Waals surface area contributed by atoms with Crippen LogP contribution in [0.5, 0.6) is 0 Å². The van der Waals surface area contributed by atoms with Gasteiger partial charge in [-0.3, -0.25) is 19.6 Å². The fraction of sp³-hybridized carbons (Fsp3) is 0.688. The zero-order valence-corrected chi connectivity index (χ0v) is 13.0. The van der Waals surface area contributed by atoms with Gasteiger partial charge in [-0.15, -0.1) is 0 Å². The van der Waals surface area contributed by atoms with Crippen LogP contribution in [0.1, 0.15) is 62.2 Å². The van der Waals surface area contributed by atoms with Crippen molar-refractivity contribution in [3.05, 3.63) is 26.4 Å². The highest BCUT2D eigenvalue weighted by molar-refractivity contribution is 6.02. The van der Waals surface area contributed by atoms with Crippen LogP contribution >= 0.6 is 0 Å². The lowest BCUT2D eigenvalue weighted by Crippen LogP contribution is -2.47. The Morgan fingerprint density at radius 1 is 1.14 bits per heavy atom. The summed E-state index contributed by atoms with van der Waals surface area (Å²) in [6.07, 6.45) is 7.05. The van der Waals surface area contributed by atoms with Crippen molar-refractivity contribution in [3.8, 4) is 0 Å². The molecule has 2 heterocycles. The van der Waals surface area contributed by atoms with Gasteiger partial charge in [0.05, 0.1) is 0 Å². The van der Waals surface area contributed by atoms with Crippen molar-refractivity contribution >= 4 is 11.6 Å². The molecule has 1 fully saturated rings. The van der Waals surface area contributed by atoms with Crippen LogP contribution in [-0.2, 0) is 0 Å². The molecule has 120 valence electrons. The molecule has 1 aromatic heterocycles. The van der Waals surface area contributed by atoms with Gasteiger partial charge in [-0.25, -0.2) is 4.79 Å². The van der Waals surface area contributed by atoms with E-state index in [0.29, 0.717) is 12.2 Å². The summed E-state index contributed by atoms with van der Waals surface area (Å²) in [5, 5.41) is 0. The Bertz CT molecular complexity index is 672. The minimum Gasteiger partial charge on any atom is -0.354 e. The molecule has 0 spiro atoms. The van der Waals surface area contributed by atoms with E-state index in [-0.39, 0.29) is 17.4 Å². The minimum absolute atomic E-state index is 0.101. The molecule has 0 radical (unpaired) electrons. The molecule has 0 bridgehead atoms. The number of unbranched alkanes of at least 4 members (excludes halogenated alkanes) is 1. The molecule has 6 nitrogen and oxygen atoms in total. The predicted octanol–water partition coefficient (Wildman–Crippen LogP) is 1.81. The Balaban J connectivity index is 1.93. The molecule has 0 aromatic carbocycles. The van der Waals surface area contributed by atoms with E-state index in [4.69, 9.17) is 0 Å². The fourth-order valence-electron chi connectivity index (χ4n) is 3.27. The maximum absolute atomic E-state index is 12.3. The predicted molar refractivity (Wildman–Crippen MR) is 84.6 cm³/mol. The number of hydrogen-bond donors (Lipinski definition) is 2. The first kappa shape index (κ1) is 15.1. The zero-order valence-electron chi connectivity index (χ0n) is 13.0. The Kier molecular flexibility index (Phi) is 4.18. The van der Waals surface area contributed by atoms with Gasteiger partial charge in [-0.05, 0) is 25.2 Å². The highest BCUT2D eigenvalue weighted by Crippen LogP contribution is 2.36. The van der Waals surface area contributed by atoms with Gasteiger partial charge in [-0.1, -0.05) is 26.2 Å². The van der Waals surface area contributed by atoms with E-state index in [1.165, 1.54) is 12.8 Å². The van der Waals surface area contributed by atoms with Gasteiger partial charge in [0.25, 0.3) is 5.56 Å². The summed E-state index contributed by atoms with van der Waals surface area (Å²) in [6.45, 7) is 2.88. The van der Waals surface area contributed by atoms with Crippen LogP contribution in [0.3, 0.4) is 0 Å². The van der Waals surface area contributed by atoms with Crippen molar-refractivity contribution in [2.45, 2.75) is 57.9 Å². The molecule has 0 saturated heterocycles. The van der Waals surface area contributed by atoms with Crippen molar-refractivity contribution in [3.63, 3.8) is 0 Å². The first-order chi connectivity index (χ1) is 10.6. The second kappa shape index (κ2) is 6.10. The molecule has 6 heteroatoms. The number of Topliss-reactive ketones (excluding diaryl/α,β-unsaturated/α-hetero) is 1. The number of nitrogens with one attached hydrogen (secondary N) is 2. The van der Waals surface area contributed by atoms with Gasteiger partial charge in [0.15, 0.2) is 5.78 Å². The van der Waals surface area contributed by atoms with E-state index in [1.54, 1.807) is 0 Å². The monoisotopic (exact) mass is 305 g/mol. The number of carbonyl (C=O) groups is 1. The van der Waals surface area contributed by atoms with Crippen molar-refractivity contribution < 1.29 is 4.79 Å². The van der Waals surface area contributed by atoms with Crippen LogP contribution in [0.25, 0.3) is 0 Å². The number of aromatic nitrogens is 2. The summed E-state index contributed by atoms with van der Waals surface area (Å²) in [4.78, 5) is 42.9. The highest BCUT2D eigenvalue weighted by Gasteiger charge is 2.35. The smallest absolute Gasteiger partial charge is 0.327 e. The highest BCUT2D eigenvalue weighted by atomic mass is 16.2. The Morgan fingerprint density at radius 3 is 2.59 bits per heavy atom. The molecule has 22 heavy (non-hydrogen) atoms. The lowest BCUT2D eigenvalue weighted by Gasteiger charge is -2.37. The largest absolute Gasteiger partial charge is 0.354 e. The van der Waals surface area contributed by atoms with Gasteiger partial charge >= 0.3 is 5.69 Å². The van der Waals surface area contributed by atoms with Gasteiger partial charge in [0.2, 0.25) is 0 Å². The summed E-state index contributed by atoms with van der Waals surface area (Å²) < 4.78 is 0. The summed E-state index contributed by atoms with van der Waals surface area (Å²) in [5.74, 6) is 1.09. The van der Waals surface area contributed by atoms with Gasteiger partial charge in [0, 0.05) is 19.0 Å². The third-order valence-corrected chi connectivity index (χ3v) is 4.71. The summed E-state index contributed by atoms with van der Waals surface area (Å²) in [6, 6.07) is 0.101. The second-order valence-corrected chi connectivity index (χ2v) is 6.48. The van der Waals surface area contributed by atoms with Gasteiger partial charge < -0.3 is 4.90 Å². The molecule has 1 unspecified atom stereocenters. The van der Waals surface area contributed by atoms with Crippen LogP contribution in [-0.4, -0.2) is 28.3 Å². The number of anilines is 1. The average Bonchev–Trinajstić information content (AvgIpc) is 3.27. The maximum atomic E-state index is 12.3. The van der Waals surface area contributed by atoms with Crippen LogP contribution < -0.4 is 16.1 Å². The van der Waals surface area contributed by atoms with Gasteiger partial charge in [-0.2, -0.15) is 0 Å². The molecule has 3 rings (SSSR count). The molecule has 1 aliphatic carbocycles. The molecule has 1 saturated carbocycles. The average molecular weight is 305 g/mol. The van der Waals surface area contributed by atoms with E-state index in [0.717, 1.165) is 38.1 Å². The normalized spacial score (nSPS) is 21.0. The lowest BCUT2D eigenvalue weighted by molar-refractivity contribution is 0.0961. The van der Waals surface area contributed by atoms with E-state index in [1.807, 2.05) is 0 Å². The van der Waals surface area contributed by atoms with E-state index >= 15 is 0 Å². The number of carbonyl (C=O) groups excluding carboxylic acids is 1. The van der Waals surface area contributed by atoms with Crippen molar-refractivity contribution in [1.82, 2.24) is 9.97 Å².